The van der Waals surface area contributed by atoms with Crippen LogP contribution in [0.15, 0.2) is 30.3 Å². The molecule has 3 atom stereocenters. The van der Waals surface area contributed by atoms with E-state index in [-0.39, 0.29) is 6.09 Å². The first-order valence-electron chi connectivity index (χ1n) is 6.74. The highest BCUT2D eigenvalue weighted by atomic mass is 16.6. The fourth-order valence-corrected chi connectivity index (χ4v) is 3.35. The van der Waals surface area contributed by atoms with Gasteiger partial charge in [0, 0.05) is 12.1 Å². The molecule has 0 N–H and O–H groups in total. The summed E-state index contributed by atoms with van der Waals surface area (Å²) in [6, 6.07) is 10.6. The highest BCUT2D eigenvalue weighted by Crippen LogP contribution is 2.42. The van der Waals surface area contributed by atoms with E-state index in [9.17, 15) is 4.79 Å². The first-order chi connectivity index (χ1) is 8.75. The Hall–Kier alpha value is -1.51. The van der Waals surface area contributed by atoms with Crippen LogP contribution in [0.5, 0.6) is 0 Å². The van der Waals surface area contributed by atoms with Crippen LogP contribution in [0.4, 0.5) is 4.79 Å². The highest BCUT2D eigenvalue weighted by Gasteiger charge is 2.46. The minimum Gasteiger partial charge on any atom is -0.445 e. The molecule has 1 aliphatic heterocycles. The van der Waals surface area contributed by atoms with Crippen molar-refractivity contribution < 1.29 is 9.53 Å². The van der Waals surface area contributed by atoms with E-state index >= 15 is 0 Å². The first-order valence-corrected chi connectivity index (χ1v) is 6.74. The number of rotatable bonds is 2. The molecule has 1 saturated heterocycles. The molecule has 1 amide bonds. The summed E-state index contributed by atoms with van der Waals surface area (Å²) in [5, 5.41) is 0. The molecular formula is C15H19NO2. The van der Waals surface area contributed by atoms with Gasteiger partial charge >= 0.3 is 6.09 Å². The van der Waals surface area contributed by atoms with Gasteiger partial charge in [-0.15, -0.1) is 0 Å². The van der Waals surface area contributed by atoms with Crippen LogP contribution in [0.1, 0.15) is 31.7 Å². The summed E-state index contributed by atoms with van der Waals surface area (Å²) in [7, 11) is 0. The molecule has 1 aromatic carbocycles. The predicted octanol–water partition coefficient (Wildman–Crippen LogP) is 3.20. The van der Waals surface area contributed by atoms with Crippen LogP contribution >= 0.6 is 0 Å². The Morgan fingerprint density at radius 1 is 1.33 bits per heavy atom. The van der Waals surface area contributed by atoms with Crippen molar-refractivity contribution in [2.75, 3.05) is 0 Å². The number of fused-ring (bicyclic) bond motifs is 2. The molecule has 3 rings (SSSR count). The summed E-state index contributed by atoms with van der Waals surface area (Å²) < 4.78 is 5.42. The average Bonchev–Trinajstić information content (AvgIpc) is 2.98. The number of nitrogens with zero attached hydrogens (tertiary/aromatic N) is 1. The van der Waals surface area contributed by atoms with Gasteiger partial charge in [0.15, 0.2) is 0 Å². The number of amides is 1. The van der Waals surface area contributed by atoms with Crippen LogP contribution < -0.4 is 0 Å². The van der Waals surface area contributed by atoms with Gasteiger partial charge in [0.1, 0.15) is 6.61 Å². The lowest BCUT2D eigenvalue weighted by atomic mass is 10.0. The zero-order chi connectivity index (χ0) is 12.5. The molecule has 2 aliphatic rings. The summed E-state index contributed by atoms with van der Waals surface area (Å²) in [6.45, 7) is 2.52. The first kappa shape index (κ1) is 11.6. The van der Waals surface area contributed by atoms with E-state index in [1.165, 1.54) is 12.8 Å². The minimum atomic E-state index is -0.140. The Bertz CT molecular complexity index is 429. The lowest BCUT2D eigenvalue weighted by Crippen LogP contribution is -2.43. The SMILES string of the molecule is C[C@@H]1C2CCC(C2)N1C(=O)OCc1ccccc1. The van der Waals surface area contributed by atoms with Crippen LogP contribution in [-0.2, 0) is 11.3 Å². The van der Waals surface area contributed by atoms with Crippen molar-refractivity contribution in [1.82, 2.24) is 4.90 Å². The van der Waals surface area contributed by atoms with Crippen LogP contribution in [0, 0.1) is 5.92 Å². The maximum Gasteiger partial charge on any atom is 0.410 e. The van der Waals surface area contributed by atoms with E-state index in [1.54, 1.807) is 0 Å². The van der Waals surface area contributed by atoms with Gasteiger partial charge in [0.2, 0.25) is 0 Å². The van der Waals surface area contributed by atoms with Crippen LogP contribution in [0.25, 0.3) is 0 Å². The van der Waals surface area contributed by atoms with Crippen LogP contribution in [0.2, 0.25) is 0 Å². The van der Waals surface area contributed by atoms with Gasteiger partial charge in [-0.2, -0.15) is 0 Å². The van der Waals surface area contributed by atoms with Gasteiger partial charge in [-0.3, -0.25) is 0 Å². The Labute approximate surface area is 108 Å². The van der Waals surface area contributed by atoms with Gasteiger partial charge in [0.05, 0.1) is 0 Å². The molecule has 0 radical (unpaired) electrons. The lowest BCUT2D eigenvalue weighted by molar-refractivity contribution is 0.0684. The number of carbonyl (C=O) groups excluding carboxylic acids is 1. The topological polar surface area (TPSA) is 29.5 Å². The van der Waals surface area contributed by atoms with Crippen molar-refractivity contribution in [1.29, 1.82) is 0 Å². The molecule has 1 aromatic rings. The third-order valence-corrected chi connectivity index (χ3v) is 4.38. The van der Waals surface area contributed by atoms with E-state index in [4.69, 9.17) is 4.74 Å². The standard InChI is InChI=1S/C15H19NO2/c1-11-13-7-8-14(9-13)16(11)15(17)18-10-12-5-3-2-4-6-12/h2-6,11,13-14H,7-10H2,1H3/t11-,13?,14?/m1/s1. The van der Waals surface area contributed by atoms with Gasteiger partial charge in [-0.25, -0.2) is 4.79 Å². The molecule has 0 spiro atoms. The quantitative estimate of drug-likeness (QED) is 0.800. The maximum atomic E-state index is 12.1. The summed E-state index contributed by atoms with van der Waals surface area (Å²) in [5.41, 5.74) is 1.04. The molecular weight excluding hydrogens is 226 g/mol. The second-order valence-electron chi connectivity index (χ2n) is 5.42. The smallest absolute Gasteiger partial charge is 0.410 e. The largest absolute Gasteiger partial charge is 0.445 e. The molecule has 96 valence electrons. The van der Waals surface area contributed by atoms with Gasteiger partial charge in [-0.05, 0) is 37.7 Å². The number of ether oxygens (including phenoxy) is 1. The van der Waals surface area contributed by atoms with Crippen molar-refractivity contribution in [3.05, 3.63) is 35.9 Å². The van der Waals surface area contributed by atoms with E-state index in [2.05, 4.69) is 6.92 Å². The second kappa shape index (κ2) is 4.63. The number of hydrogen-bond donors (Lipinski definition) is 0. The molecule has 18 heavy (non-hydrogen) atoms. The molecule has 3 nitrogen and oxygen atoms in total. The van der Waals surface area contributed by atoms with E-state index in [0.29, 0.717) is 24.6 Å². The number of hydrogen-bond acceptors (Lipinski definition) is 2. The maximum absolute atomic E-state index is 12.1. The van der Waals surface area contributed by atoms with Gasteiger partial charge in [-0.1, -0.05) is 30.3 Å². The number of benzene rings is 1. The average molecular weight is 245 g/mol. The molecule has 0 aromatic heterocycles. The molecule has 1 saturated carbocycles. The zero-order valence-electron chi connectivity index (χ0n) is 10.7. The zero-order valence-corrected chi connectivity index (χ0v) is 10.7. The van der Waals surface area contributed by atoms with Crippen molar-refractivity contribution in [3.8, 4) is 0 Å². The fourth-order valence-electron chi connectivity index (χ4n) is 3.35. The number of carbonyl (C=O) groups is 1. The summed E-state index contributed by atoms with van der Waals surface area (Å²) in [5.74, 6) is 0.694. The lowest BCUT2D eigenvalue weighted by Gasteiger charge is -2.32. The Balaban J connectivity index is 1.59. The van der Waals surface area contributed by atoms with Crippen molar-refractivity contribution in [3.63, 3.8) is 0 Å². The van der Waals surface area contributed by atoms with Crippen molar-refractivity contribution in [2.24, 2.45) is 5.92 Å². The Kier molecular flexibility index (Phi) is 2.98. The fraction of sp³-hybridized carbons (Fsp3) is 0.533. The van der Waals surface area contributed by atoms with Crippen molar-refractivity contribution in [2.45, 2.75) is 44.9 Å². The molecule has 2 fully saturated rings. The number of likely N-dealkylation sites (tertiary alicyclic amines) is 1. The third kappa shape index (κ3) is 1.98. The minimum absolute atomic E-state index is 0.140. The monoisotopic (exact) mass is 245 g/mol. The normalized spacial score (nSPS) is 29.6. The van der Waals surface area contributed by atoms with Crippen molar-refractivity contribution >= 4 is 6.09 Å². The van der Waals surface area contributed by atoms with Gasteiger partial charge in [0.25, 0.3) is 0 Å². The third-order valence-electron chi connectivity index (χ3n) is 4.38. The van der Waals surface area contributed by atoms with E-state index < -0.39 is 0 Å². The Morgan fingerprint density at radius 2 is 2.11 bits per heavy atom. The Morgan fingerprint density at radius 3 is 2.78 bits per heavy atom. The molecule has 3 heteroatoms. The summed E-state index contributed by atoms with van der Waals surface area (Å²) in [6.07, 6.45) is 3.45. The molecule has 2 bridgehead atoms. The summed E-state index contributed by atoms with van der Waals surface area (Å²) in [4.78, 5) is 14.1. The predicted molar refractivity (Wildman–Crippen MR) is 69.1 cm³/mol. The van der Waals surface area contributed by atoms with Crippen LogP contribution in [-0.4, -0.2) is 23.1 Å². The summed E-state index contributed by atoms with van der Waals surface area (Å²) >= 11 is 0. The van der Waals surface area contributed by atoms with Crippen LogP contribution in [0.3, 0.4) is 0 Å². The van der Waals surface area contributed by atoms with E-state index in [1.807, 2.05) is 35.2 Å². The second-order valence-corrected chi connectivity index (χ2v) is 5.42. The molecule has 1 heterocycles. The molecule has 2 unspecified atom stereocenters. The van der Waals surface area contributed by atoms with Gasteiger partial charge < -0.3 is 9.64 Å². The highest BCUT2D eigenvalue weighted by molar-refractivity contribution is 5.69. The number of piperidine rings is 1. The molecule has 1 aliphatic carbocycles. The van der Waals surface area contributed by atoms with E-state index in [0.717, 1.165) is 12.0 Å².